The maximum Gasteiger partial charge on any atom is 0.123 e. The number of aliphatic hydroxyl groups is 1. The zero-order valence-corrected chi connectivity index (χ0v) is 12.3. The van der Waals surface area contributed by atoms with Crippen molar-refractivity contribution in [3.63, 3.8) is 0 Å². The van der Waals surface area contributed by atoms with Gasteiger partial charge in [0.15, 0.2) is 0 Å². The molecule has 3 rings (SSSR count). The normalized spacial score (nSPS) is 30.8. The number of nitrogens with zero attached hydrogens (tertiary/aromatic N) is 1. The van der Waals surface area contributed by atoms with Crippen molar-refractivity contribution < 1.29 is 9.84 Å². The average molecular weight is 275 g/mol. The van der Waals surface area contributed by atoms with Crippen LogP contribution in [0.3, 0.4) is 0 Å². The van der Waals surface area contributed by atoms with Gasteiger partial charge in [0.2, 0.25) is 0 Å². The molecule has 1 aliphatic heterocycles. The van der Waals surface area contributed by atoms with Gasteiger partial charge in [0.05, 0.1) is 13.2 Å². The van der Waals surface area contributed by atoms with E-state index in [1.807, 2.05) is 12.1 Å². The lowest BCUT2D eigenvalue weighted by molar-refractivity contribution is 0.0716. The molecule has 110 valence electrons. The molecule has 20 heavy (non-hydrogen) atoms. The van der Waals surface area contributed by atoms with Crippen molar-refractivity contribution in [2.75, 3.05) is 13.7 Å². The molecule has 1 aliphatic carbocycles. The first kappa shape index (κ1) is 13.9. The van der Waals surface area contributed by atoms with Crippen molar-refractivity contribution in [3.8, 4) is 5.75 Å². The first-order chi connectivity index (χ1) is 9.79. The maximum atomic E-state index is 10.2. The molecule has 0 bridgehead atoms. The number of rotatable bonds is 4. The van der Waals surface area contributed by atoms with Gasteiger partial charge in [-0.15, -0.1) is 0 Å². The summed E-state index contributed by atoms with van der Waals surface area (Å²) in [5.41, 5.74) is 1.26. The molecule has 3 unspecified atom stereocenters. The van der Waals surface area contributed by atoms with E-state index in [4.69, 9.17) is 4.74 Å². The molecule has 1 saturated carbocycles. The minimum atomic E-state index is -0.0849. The highest BCUT2D eigenvalue weighted by molar-refractivity contribution is 5.33. The van der Waals surface area contributed by atoms with E-state index >= 15 is 0 Å². The number of methoxy groups -OCH3 is 1. The summed E-state index contributed by atoms with van der Waals surface area (Å²) in [7, 11) is 1.74. The first-order valence-electron chi connectivity index (χ1n) is 7.83. The molecule has 0 amide bonds. The van der Waals surface area contributed by atoms with Crippen LogP contribution in [0, 0.1) is 5.92 Å². The maximum absolute atomic E-state index is 10.2. The van der Waals surface area contributed by atoms with Gasteiger partial charge in [0, 0.05) is 24.1 Å². The third-order valence-electron chi connectivity index (χ3n) is 5.01. The molecule has 3 nitrogen and oxygen atoms in total. The van der Waals surface area contributed by atoms with Gasteiger partial charge in [-0.1, -0.05) is 24.6 Å². The summed E-state index contributed by atoms with van der Waals surface area (Å²) < 4.78 is 5.46. The van der Waals surface area contributed by atoms with Gasteiger partial charge < -0.3 is 9.84 Å². The highest BCUT2D eigenvalue weighted by Gasteiger charge is 2.38. The fraction of sp³-hybridized carbons (Fsp3) is 0.647. The van der Waals surface area contributed by atoms with Gasteiger partial charge >= 0.3 is 0 Å². The Morgan fingerprint density at radius 2 is 2.05 bits per heavy atom. The van der Waals surface area contributed by atoms with Crippen LogP contribution >= 0.6 is 0 Å². The van der Waals surface area contributed by atoms with Crippen LogP contribution in [-0.4, -0.2) is 35.8 Å². The third-order valence-corrected chi connectivity index (χ3v) is 5.01. The number of aliphatic hydroxyl groups excluding tert-OH is 1. The molecule has 1 saturated heterocycles. The SMILES string of the molecule is COc1ccccc1CN1CCCC1C1CCCC1O. The number of hydrogen-bond donors (Lipinski definition) is 1. The second kappa shape index (κ2) is 6.15. The van der Waals surface area contributed by atoms with Crippen LogP contribution in [-0.2, 0) is 6.54 Å². The Morgan fingerprint density at radius 3 is 2.80 bits per heavy atom. The number of likely N-dealkylation sites (tertiary alicyclic amines) is 1. The van der Waals surface area contributed by atoms with E-state index in [1.165, 1.54) is 31.2 Å². The monoisotopic (exact) mass is 275 g/mol. The van der Waals surface area contributed by atoms with Gasteiger partial charge in [0.1, 0.15) is 5.75 Å². The Morgan fingerprint density at radius 1 is 1.20 bits per heavy atom. The highest BCUT2D eigenvalue weighted by atomic mass is 16.5. The Bertz CT molecular complexity index is 448. The molecular formula is C17H25NO2. The first-order valence-corrected chi connectivity index (χ1v) is 7.83. The van der Waals surface area contributed by atoms with Gasteiger partial charge in [-0.2, -0.15) is 0 Å². The molecule has 3 heteroatoms. The zero-order chi connectivity index (χ0) is 13.9. The standard InChI is InChI=1S/C17H25NO2/c1-20-17-10-3-2-6-13(17)12-18-11-5-8-15(18)14-7-4-9-16(14)19/h2-3,6,10,14-16,19H,4-5,7-9,11-12H2,1H3. The number of para-hydroxylation sites is 1. The molecule has 2 fully saturated rings. The summed E-state index contributed by atoms with van der Waals surface area (Å²) in [6.07, 6.45) is 5.76. The van der Waals surface area contributed by atoms with Crippen LogP contribution in [0.15, 0.2) is 24.3 Å². The van der Waals surface area contributed by atoms with Gasteiger partial charge in [0.25, 0.3) is 0 Å². The molecule has 0 aromatic heterocycles. The van der Waals surface area contributed by atoms with E-state index in [2.05, 4.69) is 17.0 Å². The smallest absolute Gasteiger partial charge is 0.123 e. The van der Waals surface area contributed by atoms with E-state index in [1.54, 1.807) is 7.11 Å². The number of ether oxygens (including phenoxy) is 1. The minimum Gasteiger partial charge on any atom is -0.496 e. The topological polar surface area (TPSA) is 32.7 Å². The van der Waals surface area contributed by atoms with Crippen LogP contribution < -0.4 is 4.74 Å². The fourth-order valence-electron chi connectivity index (χ4n) is 4.00. The Hall–Kier alpha value is -1.06. The van der Waals surface area contributed by atoms with Crippen LogP contribution in [0.2, 0.25) is 0 Å². The van der Waals surface area contributed by atoms with Crippen molar-refractivity contribution in [3.05, 3.63) is 29.8 Å². The van der Waals surface area contributed by atoms with Crippen molar-refractivity contribution in [2.24, 2.45) is 5.92 Å². The highest BCUT2D eigenvalue weighted by Crippen LogP contribution is 2.37. The Labute approximate surface area is 121 Å². The van der Waals surface area contributed by atoms with Crippen molar-refractivity contribution in [1.29, 1.82) is 0 Å². The molecular weight excluding hydrogens is 250 g/mol. The van der Waals surface area contributed by atoms with Crippen LogP contribution in [0.4, 0.5) is 0 Å². The van der Waals surface area contributed by atoms with Gasteiger partial charge in [-0.25, -0.2) is 0 Å². The van der Waals surface area contributed by atoms with E-state index in [0.717, 1.165) is 25.3 Å². The lowest BCUT2D eigenvalue weighted by Gasteiger charge is -2.31. The Kier molecular flexibility index (Phi) is 4.27. The molecule has 1 aromatic rings. The lowest BCUT2D eigenvalue weighted by Crippen LogP contribution is -2.38. The molecule has 1 aromatic carbocycles. The van der Waals surface area contributed by atoms with Gasteiger partial charge in [-0.3, -0.25) is 4.90 Å². The van der Waals surface area contributed by atoms with Crippen LogP contribution in [0.5, 0.6) is 5.75 Å². The van der Waals surface area contributed by atoms with Crippen LogP contribution in [0.1, 0.15) is 37.7 Å². The largest absolute Gasteiger partial charge is 0.496 e. The number of benzene rings is 1. The summed E-state index contributed by atoms with van der Waals surface area (Å²) in [4.78, 5) is 2.55. The van der Waals surface area contributed by atoms with E-state index in [0.29, 0.717) is 12.0 Å². The van der Waals surface area contributed by atoms with Gasteiger partial charge in [-0.05, 0) is 38.3 Å². The lowest BCUT2D eigenvalue weighted by atomic mass is 9.94. The third kappa shape index (κ3) is 2.70. The van der Waals surface area contributed by atoms with E-state index < -0.39 is 0 Å². The summed E-state index contributed by atoms with van der Waals surface area (Å²) >= 11 is 0. The van der Waals surface area contributed by atoms with E-state index in [-0.39, 0.29) is 6.10 Å². The molecule has 0 spiro atoms. The Balaban J connectivity index is 1.72. The molecule has 0 radical (unpaired) electrons. The number of hydrogen-bond acceptors (Lipinski definition) is 3. The second-order valence-electron chi connectivity index (χ2n) is 6.15. The molecule has 3 atom stereocenters. The fourth-order valence-corrected chi connectivity index (χ4v) is 4.00. The summed E-state index contributed by atoms with van der Waals surface area (Å²) in [6, 6.07) is 8.83. The van der Waals surface area contributed by atoms with E-state index in [9.17, 15) is 5.11 Å². The molecule has 2 aliphatic rings. The second-order valence-corrected chi connectivity index (χ2v) is 6.15. The van der Waals surface area contributed by atoms with Crippen LogP contribution in [0.25, 0.3) is 0 Å². The molecule has 1 heterocycles. The minimum absolute atomic E-state index is 0.0849. The van der Waals surface area contributed by atoms with Crippen molar-refractivity contribution in [2.45, 2.75) is 50.8 Å². The summed E-state index contributed by atoms with van der Waals surface area (Å²) in [5, 5.41) is 10.2. The van der Waals surface area contributed by atoms with Crippen molar-refractivity contribution in [1.82, 2.24) is 4.90 Å². The quantitative estimate of drug-likeness (QED) is 0.917. The zero-order valence-electron chi connectivity index (χ0n) is 12.3. The summed E-state index contributed by atoms with van der Waals surface area (Å²) in [5.74, 6) is 1.46. The molecule has 1 N–H and O–H groups in total. The summed E-state index contributed by atoms with van der Waals surface area (Å²) in [6.45, 7) is 2.09. The average Bonchev–Trinajstić information content (AvgIpc) is 3.08. The predicted molar refractivity (Wildman–Crippen MR) is 79.8 cm³/mol. The predicted octanol–water partition coefficient (Wildman–Crippen LogP) is 2.82. The van der Waals surface area contributed by atoms with Crippen molar-refractivity contribution >= 4 is 0 Å².